The van der Waals surface area contributed by atoms with Crippen LogP contribution in [0.3, 0.4) is 0 Å². The highest BCUT2D eigenvalue weighted by molar-refractivity contribution is 7.85. The monoisotopic (exact) mass is 152 g/mol. The van der Waals surface area contributed by atoms with Crippen LogP contribution in [-0.4, -0.2) is 31.8 Å². The summed E-state index contributed by atoms with van der Waals surface area (Å²) in [5, 5.41) is 3.72. The van der Waals surface area contributed by atoms with Crippen molar-refractivity contribution in [1.29, 1.82) is 0 Å². The summed E-state index contributed by atoms with van der Waals surface area (Å²) in [6.45, 7) is 2.59. The first-order valence-electron chi connectivity index (χ1n) is 2.64. The molecule has 5 heteroatoms. The molecule has 0 fully saturated rings. The maximum absolute atomic E-state index is 10.0. The fourth-order valence-corrected chi connectivity index (χ4v) is 0.698. The molecule has 0 heterocycles. The minimum atomic E-state index is -3.79. The van der Waals surface area contributed by atoms with E-state index in [2.05, 4.69) is 5.32 Å². The standard InChI is InChI=1S/C4H10NO3S/c1-2-5-3-4-9(6,7)8/h2-4H2,1H3,(H,6,7,8). The summed E-state index contributed by atoms with van der Waals surface area (Å²) in [5.74, 6) is -0.263. The smallest absolute Gasteiger partial charge is 0.266 e. The highest BCUT2D eigenvalue weighted by Gasteiger charge is 2.01. The van der Waals surface area contributed by atoms with Crippen molar-refractivity contribution in [3.05, 3.63) is 0 Å². The third-order valence-electron chi connectivity index (χ3n) is 0.731. The van der Waals surface area contributed by atoms with Crippen LogP contribution in [0.25, 0.3) is 0 Å². The Kier molecular flexibility index (Phi) is 3.76. The van der Waals surface area contributed by atoms with Crippen LogP contribution in [0.1, 0.15) is 6.92 Å². The van der Waals surface area contributed by atoms with Gasteiger partial charge in [0.25, 0.3) is 10.1 Å². The molecule has 0 saturated heterocycles. The molecule has 0 saturated carbocycles. The van der Waals surface area contributed by atoms with Gasteiger partial charge in [0, 0.05) is 13.1 Å². The van der Waals surface area contributed by atoms with Gasteiger partial charge in [-0.2, -0.15) is 8.42 Å². The van der Waals surface area contributed by atoms with Gasteiger partial charge in [-0.15, -0.1) is 0 Å². The first kappa shape index (κ1) is 8.87. The first-order valence-corrected chi connectivity index (χ1v) is 4.25. The lowest BCUT2D eigenvalue weighted by molar-refractivity contribution is 0.480. The van der Waals surface area contributed by atoms with Crippen LogP contribution in [-0.2, 0) is 10.1 Å². The number of rotatable bonds is 4. The van der Waals surface area contributed by atoms with Crippen molar-refractivity contribution in [2.75, 3.05) is 18.8 Å². The van der Waals surface area contributed by atoms with Crippen molar-refractivity contribution in [3.63, 3.8) is 0 Å². The van der Waals surface area contributed by atoms with Gasteiger partial charge in [-0.3, -0.25) is 4.55 Å². The molecular formula is C4H10NO3S. The molecule has 0 unspecified atom stereocenters. The Morgan fingerprint density at radius 2 is 2.11 bits per heavy atom. The molecule has 0 atom stereocenters. The van der Waals surface area contributed by atoms with E-state index < -0.39 is 10.1 Å². The summed E-state index contributed by atoms with van der Waals surface area (Å²) in [6.07, 6.45) is 0. The van der Waals surface area contributed by atoms with Crippen LogP contribution >= 0.6 is 0 Å². The molecular weight excluding hydrogens is 142 g/mol. The highest BCUT2D eigenvalue weighted by Crippen LogP contribution is 1.78. The van der Waals surface area contributed by atoms with Crippen molar-refractivity contribution in [1.82, 2.24) is 5.32 Å². The van der Waals surface area contributed by atoms with Gasteiger partial charge in [-0.1, -0.05) is 6.92 Å². The lowest BCUT2D eigenvalue weighted by atomic mass is 10.7. The summed E-state index contributed by atoms with van der Waals surface area (Å²) < 4.78 is 28.2. The van der Waals surface area contributed by atoms with Gasteiger partial charge in [-0.25, -0.2) is 5.32 Å². The molecule has 0 aliphatic carbocycles. The fraction of sp³-hybridized carbons (Fsp3) is 1.00. The molecule has 0 rings (SSSR count). The zero-order valence-electron chi connectivity index (χ0n) is 5.24. The van der Waals surface area contributed by atoms with Crippen LogP contribution in [0.15, 0.2) is 0 Å². The fourth-order valence-electron chi connectivity index (χ4n) is 0.338. The minimum absolute atomic E-state index is 0.190. The molecule has 1 N–H and O–H groups in total. The molecule has 0 aromatic carbocycles. The number of nitrogens with zero attached hydrogens (tertiary/aromatic N) is 1. The normalized spacial score (nSPS) is 11.8. The van der Waals surface area contributed by atoms with E-state index in [-0.39, 0.29) is 12.3 Å². The van der Waals surface area contributed by atoms with Crippen LogP contribution in [0.5, 0.6) is 0 Å². The van der Waals surface area contributed by atoms with Crippen LogP contribution < -0.4 is 5.32 Å². The third-order valence-corrected chi connectivity index (χ3v) is 1.43. The Hall–Kier alpha value is -0.130. The lowest BCUT2D eigenvalue weighted by Crippen LogP contribution is -2.16. The summed E-state index contributed by atoms with van der Waals surface area (Å²) >= 11 is 0. The lowest BCUT2D eigenvalue weighted by Gasteiger charge is -1.94. The Balaban J connectivity index is 3.30. The van der Waals surface area contributed by atoms with Gasteiger partial charge >= 0.3 is 0 Å². The van der Waals surface area contributed by atoms with E-state index >= 15 is 0 Å². The molecule has 0 bridgehead atoms. The zero-order chi connectivity index (χ0) is 7.33. The molecule has 0 aromatic rings. The van der Waals surface area contributed by atoms with Gasteiger partial charge in [0.1, 0.15) is 0 Å². The molecule has 55 valence electrons. The van der Waals surface area contributed by atoms with E-state index in [0.29, 0.717) is 6.54 Å². The van der Waals surface area contributed by atoms with E-state index in [4.69, 9.17) is 4.55 Å². The molecule has 0 aromatic heterocycles. The predicted molar refractivity (Wildman–Crippen MR) is 34.0 cm³/mol. The highest BCUT2D eigenvalue weighted by atomic mass is 32.2. The molecule has 4 nitrogen and oxygen atoms in total. The van der Waals surface area contributed by atoms with Crippen molar-refractivity contribution in [2.24, 2.45) is 0 Å². The van der Waals surface area contributed by atoms with Crippen molar-refractivity contribution >= 4 is 10.1 Å². The van der Waals surface area contributed by atoms with E-state index in [1.165, 1.54) is 0 Å². The number of hydrogen-bond acceptors (Lipinski definition) is 2. The Morgan fingerprint density at radius 3 is 2.44 bits per heavy atom. The van der Waals surface area contributed by atoms with Gasteiger partial charge < -0.3 is 0 Å². The SMILES string of the molecule is CC[N]CCS(=O)(=O)O. The van der Waals surface area contributed by atoms with Crippen LogP contribution in [0.4, 0.5) is 0 Å². The average Bonchev–Trinajstić information content (AvgIpc) is 1.63. The molecule has 1 radical (unpaired) electrons. The summed E-state index contributed by atoms with van der Waals surface area (Å²) in [7, 11) is -3.79. The average molecular weight is 152 g/mol. The molecule has 0 aliphatic heterocycles. The van der Waals surface area contributed by atoms with Crippen LogP contribution in [0.2, 0.25) is 0 Å². The second kappa shape index (κ2) is 3.81. The topological polar surface area (TPSA) is 68.5 Å². The third kappa shape index (κ3) is 7.87. The van der Waals surface area contributed by atoms with Crippen LogP contribution in [0, 0.1) is 0 Å². The second-order valence-corrected chi connectivity index (χ2v) is 3.12. The quantitative estimate of drug-likeness (QED) is 0.436. The van der Waals surface area contributed by atoms with Crippen molar-refractivity contribution in [3.8, 4) is 0 Å². The van der Waals surface area contributed by atoms with Gasteiger partial charge in [-0.05, 0) is 0 Å². The van der Waals surface area contributed by atoms with Gasteiger partial charge in [0.15, 0.2) is 0 Å². The van der Waals surface area contributed by atoms with E-state index in [1.807, 2.05) is 6.92 Å². The molecule has 0 spiro atoms. The Labute approximate surface area is 55.0 Å². The van der Waals surface area contributed by atoms with Gasteiger partial charge in [0.05, 0.1) is 5.75 Å². The molecule has 0 aliphatic rings. The molecule has 0 amide bonds. The number of hydrogen-bond donors (Lipinski definition) is 1. The molecule has 9 heavy (non-hydrogen) atoms. The predicted octanol–water partition coefficient (Wildman–Crippen LogP) is -0.501. The summed E-state index contributed by atoms with van der Waals surface area (Å²) in [6, 6.07) is 0. The van der Waals surface area contributed by atoms with E-state index in [0.717, 1.165) is 0 Å². The van der Waals surface area contributed by atoms with E-state index in [9.17, 15) is 8.42 Å². The van der Waals surface area contributed by atoms with Crippen molar-refractivity contribution < 1.29 is 13.0 Å². The summed E-state index contributed by atoms with van der Waals surface area (Å²) in [5.41, 5.74) is 0. The minimum Gasteiger partial charge on any atom is -0.286 e. The largest absolute Gasteiger partial charge is 0.286 e. The second-order valence-electron chi connectivity index (χ2n) is 1.55. The van der Waals surface area contributed by atoms with Gasteiger partial charge in [0.2, 0.25) is 0 Å². The summed E-state index contributed by atoms with van der Waals surface area (Å²) in [4.78, 5) is 0. The van der Waals surface area contributed by atoms with E-state index in [1.54, 1.807) is 0 Å². The maximum atomic E-state index is 10.0. The Bertz CT molecular complexity index is 151. The van der Waals surface area contributed by atoms with Crippen molar-refractivity contribution in [2.45, 2.75) is 6.92 Å². The Morgan fingerprint density at radius 1 is 1.56 bits per heavy atom. The zero-order valence-corrected chi connectivity index (χ0v) is 6.06. The maximum Gasteiger partial charge on any atom is 0.266 e. The first-order chi connectivity index (χ1) is 4.06.